The van der Waals surface area contributed by atoms with Gasteiger partial charge in [-0.05, 0) is 56.0 Å². The van der Waals surface area contributed by atoms with Crippen LogP contribution in [0.3, 0.4) is 0 Å². The Kier molecular flexibility index (Phi) is 6.13. The average molecular weight is 435 g/mol. The molecule has 4 rings (SSSR count). The molecular weight excluding hydrogens is 408 g/mol. The molecule has 0 unspecified atom stereocenters. The van der Waals surface area contributed by atoms with Crippen LogP contribution in [0.5, 0.6) is 0 Å². The summed E-state index contributed by atoms with van der Waals surface area (Å²) in [5, 5.41) is 14.0. The molecule has 2 aromatic rings. The molecule has 2 N–H and O–H groups in total. The predicted octanol–water partition coefficient (Wildman–Crippen LogP) is 5.20. The van der Waals surface area contributed by atoms with Crippen molar-refractivity contribution in [1.82, 2.24) is 14.9 Å². The van der Waals surface area contributed by atoms with Crippen molar-refractivity contribution in [3.63, 3.8) is 0 Å². The number of nitrogens with one attached hydrogen (secondary N) is 1. The van der Waals surface area contributed by atoms with Crippen LogP contribution in [0.25, 0.3) is 4.91 Å². The normalized spacial score (nSPS) is 18.0. The fourth-order valence-electron chi connectivity index (χ4n) is 3.82. The van der Waals surface area contributed by atoms with Crippen molar-refractivity contribution in [2.75, 3.05) is 18.4 Å². The van der Waals surface area contributed by atoms with E-state index in [4.69, 9.17) is 4.98 Å². The molecule has 0 radical (unpaired) electrons. The molecule has 2 aliphatic heterocycles. The van der Waals surface area contributed by atoms with Gasteiger partial charge in [0.25, 0.3) is 0 Å². The maximum Gasteiger partial charge on any atom is 0.313 e. The monoisotopic (exact) mass is 434 g/mol. The van der Waals surface area contributed by atoms with Crippen molar-refractivity contribution in [2.24, 2.45) is 5.41 Å². The number of hydrogen-bond donors (Lipinski definition) is 2. The van der Waals surface area contributed by atoms with Crippen LogP contribution in [-0.4, -0.2) is 39.0 Å². The zero-order valence-corrected chi connectivity index (χ0v) is 18.4. The highest BCUT2D eigenvalue weighted by Gasteiger charge is 2.39. The molecule has 1 saturated heterocycles. The number of carbonyl (C=O) groups is 1. The number of rotatable bonds is 6. The Labute approximate surface area is 186 Å². The Morgan fingerprint density at radius 2 is 2.06 bits per heavy atom. The number of aliphatic carboxylic acids is 1. The number of nitrogens with zero attached hydrogens (tertiary/aromatic N) is 3. The highest BCUT2D eigenvalue weighted by molar-refractivity contribution is 8.11. The summed E-state index contributed by atoms with van der Waals surface area (Å²) in [6, 6.07) is 9.89. The molecule has 0 aliphatic carbocycles. The fraction of sp³-hybridized carbons (Fsp3) is 0.292. The molecule has 0 atom stereocenters. The first-order valence-electron chi connectivity index (χ1n) is 10.4. The van der Waals surface area contributed by atoms with Crippen molar-refractivity contribution in [2.45, 2.75) is 26.2 Å². The first-order valence-corrected chi connectivity index (χ1v) is 11.2. The van der Waals surface area contributed by atoms with Gasteiger partial charge in [-0.15, -0.1) is 6.58 Å². The number of aryl methyl sites for hydroxylation is 1. The first kappa shape index (κ1) is 21.2. The summed E-state index contributed by atoms with van der Waals surface area (Å²) in [5.41, 5.74) is 1.25. The smallest absolute Gasteiger partial charge is 0.313 e. The van der Waals surface area contributed by atoms with Gasteiger partial charge in [0.15, 0.2) is 0 Å². The molecule has 2 aromatic heterocycles. The summed E-state index contributed by atoms with van der Waals surface area (Å²) in [7, 11) is 0. The van der Waals surface area contributed by atoms with E-state index in [0.717, 1.165) is 34.2 Å². The third kappa shape index (κ3) is 4.66. The van der Waals surface area contributed by atoms with E-state index in [1.54, 1.807) is 24.0 Å². The Hall–Kier alpha value is -3.06. The minimum absolute atomic E-state index is 0.573. The van der Waals surface area contributed by atoms with E-state index >= 15 is 0 Å². The summed E-state index contributed by atoms with van der Waals surface area (Å²) >= 11 is 1.69. The number of likely N-dealkylation sites (tertiary alicyclic amines) is 1. The van der Waals surface area contributed by atoms with Gasteiger partial charge in [-0.1, -0.05) is 36.1 Å². The molecule has 4 heterocycles. The molecule has 1 fully saturated rings. The molecule has 0 saturated carbocycles. The second kappa shape index (κ2) is 8.98. The number of anilines is 2. The number of piperidine rings is 1. The topological polar surface area (TPSA) is 78.4 Å². The Bertz CT molecular complexity index is 1060. The van der Waals surface area contributed by atoms with E-state index in [2.05, 4.69) is 33.9 Å². The molecule has 2 aliphatic rings. The maximum absolute atomic E-state index is 11.7. The van der Waals surface area contributed by atoms with Gasteiger partial charge in [-0.25, -0.2) is 9.97 Å². The van der Waals surface area contributed by atoms with Crippen molar-refractivity contribution < 1.29 is 9.90 Å². The molecule has 6 nitrogen and oxygen atoms in total. The lowest BCUT2D eigenvalue weighted by atomic mass is 9.79. The number of thioether (sulfide) groups is 1. The van der Waals surface area contributed by atoms with Crippen LogP contribution in [-0.2, 0) is 4.79 Å². The van der Waals surface area contributed by atoms with Gasteiger partial charge in [0.05, 0.1) is 16.1 Å². The zero-order valence-electron chi connectivity index (χ0n) is 17.5. The predicted molar refractivity (Wildman–Crippen MR) is 126 cm³/mol. The van der Waals surface area contributed by atoms with Gasteiger partial charge in [-0.2, -0.15) is 0 Å². The number of carboxylic acid groups (broad SMARTS) is 1. The summed E-state index contributed by atoms with van der Waals surface area (Å²) in [6.45, 7) is 7.21. The second-order valence-corrected chi connectivity index (χ2v) is 8.91. The third-order valence-electron chi connectivity index (χ3n) is 5.77. The zero-order chi connectivity index (χ0) is 21.8. The molecular formula is C24H26N4O2S. The highest BCUT2D eigenvalue weighted by atomic mass is 32.2. The van der Waals surface area contributed by atoms with E-state index in [0.29, 0.717) is 25.9 Å². The summed E-state index contributed by atoms with van der Waals surface area (Å²) in [5.74, 6) is 0.751. The average Bonchev–Trinajstić information content (AvgIpc) is 2.79. The van der Waals surface area contributed by atoms with Crippen LogP contribution < -0.4 is 5.32 Å². The molecule has 31 heavy (non-hydrogen) atoms. The van der Waals surface area contributed by atoms with E-state index in [-0.39, 0.29) is 0 Å². The van der Waals surface area contributed by atoms with Gasteiger partial charge >= 0.3 is 5.97 Å². The van der Waals surface area contributed by atoms with Gasteiger partial charge < -0.3 is 15.3 Å². The van der Waals surface area contributed by atoms with Crippen LogP contribution in [0.15, 0.2) is 66.4 Å². The van der Waals surface area contributed by atoms with E-state index in [1.807, 2.05) is 37.3 Å². The molecule has 7 heteroatoms. The van der Waals surface area contributed by atoms with Crippen molar-refractivity contribution in [1.29, 1.82) is 0 Å². The molecule has 0 spiro atoms. The van der Waals surface area contributed by atoms with Gasteiger partial charge in [0.1, 0.15) is 11.6 Å². The maximum atomic E-state index is 11.7. The summed E-state index contributed by atoms with van der Waals surface area (Å²) < 4.78 is 0. The Morgan fingerprint density at radius 3 is 2.77 bits per heavy atom. The summed E-state index contributed by atoms with van der Waals surface area (Å²) in [4.78, 5) is 24.2. The van der Waals surface area contributed by atoms with Crippen molar-refractivity contribution >= 4 is 34.3 Å². The number of hydrogen-bond acceptors (Lipinski definition) is 6. The van der Waals surface area contributed by atoms with Crippen LogP contribution in [0.1, 0.15) is 30.5 Å². The van der Waals surface area contributed by atoms with Crippen LogP contribution in [0.4, 0.5) is 11.6 Å². The molecule has 0 amide bonds. The minimum atomic E-state index is -0.805. The van der Waals surface area contributed by atoms with E-state index in [1.165, 1.54) is 5.03 Å². The third-order valence-corrected chi connectivity index (χ3v) is 7.00. The SMILES string of the molecule is C=CC1(C(=O)O)CCN(C2=CCC=C(c3cccc(Nc4cc(C)ccn4)n3)S2)CC1. The van der Waals surface area contributed by atoms with Crippen LogP contribution >= 0.6 is 11.8 Å². The summed E-state index contributed by atoms with van der Waals surface area (Å²) in [6.07, 6.45) is 9.75. The quantitative estimate of drug-likeness (QED) is 0.605. The number of carboxylic acids is 1. The first-order chi connectivity index (χ1) is 15.0. The number of pyridine rings is 2. The largest absolute Gasteiger partial charge is 0.481 e. The van der Waals surface area contributed by atoms with Crippen LogP contribution in [0, 0.1) is 12.3 Å². The lowest BCUT2D eigenvalue weighted by molar-refractivity contribution is -0.148. The number of allylic oxidation sites excluding steroid dienone is 2. The Morgan fingerprint density at radius 1 is 1.26 bits per heavy atom. The van der Waals surface area contributed by atoms with Crippen LogP contribution in [0.2, 0.25) is 0 Å². The fourth-order valence-corrected chi connectivity index (χ4v) is 4.94. The molecule has 0 aromatic carbocycles. The van der Waals surface area contributed by atoms with Gasteiger partial charge in [0, 0.05) is 24.2 Å². The lowest BCUT2D eigenvalue weighted by Gasteiger charge is -2.39. The second-order valence-electron chi connectivity index (χ2n) is 7.85. The van der Waals surface area contributed by atoms with E-state index in [9.17, 15) is 9.90 Å². The van der Waals surface area contributed by atoms with Crippen molar-refractivity contribution in [3.8, 4) is 0 Å². The van der Waals surface area contributed by atoms with Crippen molar-refractivity contribution in [3.05, 3.63) is 77.6 Å². The van der Waals surface area contributed by atoms with Gasteiger partial charge in [0.2, 0.25) is 0 Å². The van der Waals surface area contributed by atoms with E-state index < -0.39 is 11.4 Å². The Balaban J connectivity index is 1.43. The molecule has 0 bridgehead atoms. The molecule has 160 valence electrons. The standard InChI is InChI=1S/C24H26N4O2S/c1-3-24(23(29)30)11-14-28(15-12-24)22-9-5-7-19(31-22)18-6-4-8-20(26-18)27-21-16-17(2)10-13-25-21/h3-4,6-10,13,16H,1,5,11-12,14-15H2,2H3,(H,29,30)(H,25,26,27). The lowest BCUT2D eigenvalue weighted by Crippen LogP contribution is -2.42. The highest BCUT2D eigenvalue weighted by Crippen LogP contribution is 2.42. The number of aromatic nitrogens is 2. The minimum Gasteiger partial charge on any atom is -0.481 e. The van der Waals surface area contributed by atoms with Gasteiger partial charge in [-0.3, -0.25) is 4.79 Å².